The summed E-state index contributed by atoms with van der Waals surface area (Å²) in [6.45, 7) is 7.61. The SMILES string of the molecule is CC(C)CN1CC2(CCN(c3ncccc3C(N)=O)CC2)CC1=O. The second kappa shape index (κ2) is 6.42. The van der Waals surface area contributed by atoms with E-state index in [0.717, 1.165) is 39.0 Å². The molecule has 0 atom stereocenters. The van der Waals surface area contributed by atoms with Crippen LogP contribution in [-0.4, -0.2) is 47.9 Å². The van der Waals surface area contributed by atoms with Crippen molar-refractivity contribution in [2.45, 2.75) is 33.1 Å². The summed E-state index contributed by atoms with van der Waals surface area (Å²) in [6, 6.07) is 3.45. The molecule has 130 valence electrons. The maximum absolute atomic E-state index is 12.3. The van der Waals surface area contributed by atoms with Crippen LogP contribution in [0.1, 0.15) is 43.5 Å². The molecule has 6 heteroatoms. The van der Waals surface area contributed by atoms with Crippen LogP contribution in [-0.2, 0) is 4.79 Å². The minimum absolute atomic E-state index is 0.0874. The van der Waals surface area contributed by atoms with E-state index in [9.17, 15) is 9.59 Å². The van der Waals surface area contributed by atoms with Gasteiger partial charge in [0.05, 0.1) is 5.56 Å². The molecule has 6 nitrogen and oxygen atoms in total. The zero-order valence-corrected chi connectivity index (χ0v) is 14.5. The maximum Gasteiger partial charge on any atom is 0.252 e. The number of nitrogens with two attached hydrogens (primary N) is 1. The lowest BCUT2D eigenvalue weighted by Crippen LogP contribution is -2.43. The van der Waals surface area contributed by atoms with E-state index < -0.39 is 5.91 Å². The van der Waals surface area contributed by atoms with Gasteiger partial charge in [0.2, 0.25) is 5.91 Å². The lowest BCUT2D eigenvalue weighted by atomic mass is 9.77. The van der Waals surface area contributed by atoms with Gasteiger partial charge >= 0.3 is 0 Å². The topological polar surface area (TPSA) is 79.5 Å². The van der Waals surface area contributed by atoms with Crippen LogP contribution < -0.4 is 10.6 Å². The Bertz CT molecular complexity index is 636. The standard InChI is InChI=1S/C18H26N4O2/c1-13(2)11-22-12-18(10-15(22)23)5-8-21(9-6-18)17-14(16(19)24)4-3-7-20-17/h3-4,7,13H,5-6,8-12H2,1-2H3,(H2,19,24). The van der Waals surface area contributed by atoms with E-state index in [1.165, 1.54) is 0 Å². The molecule has 0 bridgehead atoms. The third kappa shape index (κ3) is 3.23. The van der Waals surface area contributed by atoms with Crippen molar-refractivity contribution in [2.24, 2.45) is 17.1 Å². The molecule has 2 aliphatic rings. The number of piperidine rings is 1. The number of carbonyl (C=O) groups is 2. The molecule has 2 amide bonds. The molecule has 2 saturated heterocycles. The fourth-order valence-corrected chi connectivity index (χ4v) is 3.96. The van der Waals surface area contributed by atoms with Gasteiger partial charge in [-0.1, -0.05) is 13.8 Å². The zero-order chi connectivity index (χ0) is 17.3. The fraction of sp³-hybridized carbons (Fsp3) is 0.611. The maximum atomic E-state index is 12.3. The molecule has 3 heterocycles. The number of likely N-dealkylation sites (tertiary alicyclic amines) is 1. The van der Waals surface area contributed by atoms with E-state index in [1.807, 2.05) is 4.90 Å². The van der Waals surface area contributed by atoms with E-state index in [2.05, 4.69) is 23.7 Å². The van der Waals surface area contributed by atoms with Gasteiger partial charge < -0.3 is 15.5 Å². The summed E-state index contributed by atoms with van der Waals surface area (Å²) in [5.41, 5.74) is 6.02. The molecular weight excluding hydrogens is 304 g/mol. The summed E-state index contributed by atoms with van der Waals surface area (Å²) >= 11 is 0. The minimum Gasteiger partial charge on any atom is -0.365 e. The Morgan fingerprint density at radius 3 is 2.71 bits per heavy atom. The van der Waals surface area contributed by atoms with Crippen LogP contribution in [0.2, 0.25) is 0 Å². The van der Waals surface area contributed by atoms with Gasteiger partial charge in [-0.15, -0.1) is 0 Å². The van der Waals surface area contributed by atoms with E-state index in [-0.39, 0.29) is 11.3 Å². The molecule has 3 rings (SSSR count). The Balaban J connectivity index is 1.69. The molecule has 0 aliphatic carbocycles. The third-order valence-corrected chi connectivity index (χ3v) is 5.17. The number of primary amides is 1. The predicted molar refractivity (Wildman–Crippen MR) is 92.7 cm³/mol. The fourth-order valence-electron chi connectivity index (χ4n) is 3.96. The van der Waals surface area contributed by atoms with Crippen LogP contribution in [0.15, 0.2) is 18.3 Å². The van der Waals surface area contributed by atoms with Gasteiger partial charge in [0.1, 0.15) is 5.82 Å². The molecular formula is C18H26N4O2. The molecule has 24 heavy (non-hydrogen) atoms. The number of carbonyl (C=O) groups excluding carboxylic acids is 2. The number of pyridine rings is 1. The smallest absolute Gasteiger partial charge is 0.252 e. The van der Waals surface area contributed by atoms with Crippen molar-refractivity contribution in [2.75, 3.05) is 31.1 Å². The molecule has 2 N–H and O–H groups in total. The summed E-state index contributed by atoms with van der Waals surface area (Å²) in [5, 5.41) is 0. The minimum atomic E-state index is -0.447. The highest BCUT2D eigenvalue weighted by molar-refractivity contribution is 5.97. The van der Waals surface area contributed by atoms with Crippen LogP contribution in [0.5, 0.6) is 0 Å². The molecule has 1 aromatic rings. The molecule has 0 unspecified atom stereocenters. The molecule has 2 fully saturated rings. The molecule has 0 saturated carbocycles. The largest absolute Gasteiger partial charge is 0.365 e. The van der Waals surface area contributed by atoms with Crippen molar-refractivity contribution in [1.29, 1.82) is 0 Å². The van der Waals surface area contributed by atoms with Gasteiger partial charge in [-0.2, -0.15) is 0 Å². The summed E-state index contributed by atoms with van der Waals surface area (Å²) in [6.07, 6.45) is 4.23. The highest BCUT2D eigenvalue weighted by atomic mass is 16.2. The number of hydrogen-bond donors (Lipinski definition) is 1. The highest BCUT2D eigenvalue weighted by Gasteiger charge is 2.45. The summed E-state index contributed by atoms with van der Waals surface area (Å²) in [5.74, 6) is 1.00. The number of anilines is 1. The lowest BCUT2D eigenvalue weighted by molar-refractivity contribution is -0.128. The number of rotatable bonds is 4. The Hall–Kier alpha value is -2.11. The van der Waals surface area contributed by atoms with Crippen molar-refractivity contribution in [3.05, 3.63) is 23.9 Å². The zero-order valence-electron chi connectivity index (χ0n) is 14.5. The van der Waals surface area contributed by atoms with Crippen molar-refractivity contribution in [3.8, 4) is 0 Å². The monoisotopic (exact) mass is 330 g/mol. The van der Waals surface area contributed by atoms with Crippen LogP contribution in [0.4, 0.5) is 5.82 Å². The van der Waals surface area contributed by atoms with Crippen molar-refractivity contribution in [3.63, 3.8) is 0 Å². The van der Waals surface area contributed by atoms with E-state index >= 15 is 0 Å². The Morgan fingerprint density at radius 1 is 1.38 bits per heavy atom. The third-order valence-electron chi connectivity index (χ3n) is 5.17. The first kappa shape index (κ1) is 16.7. The normalized spacial score (nSPS) is 20.2. The van der Waals surface area contributed by atoms with Crippen LogP contribution in [0.3, 0.4) is 0 Å². The van der Waals surface area contributed by atoms with E-state index in [0.29, 0.717) is 23.7 Å². The van der Waals surface area contributed by atoms with Crippen LogP contribution in [0, 0.1) is 11.3 Å². The van der Waals surface area contributed by atoms with E-state index in [4.69, 9.17) is 5.73 Å². The number of aromatic nitrogens is 1. The van der Waals surface area contributed by atoms with Crippen molar-refractivity contribution in [1.82, 2.24) is 9.88 Å². The molecule has 1 spiro atoms. The quantitative estimate of drug-likeness (QED) is 0.910. The lowest BCUT2D eigenvalue weighted by Gasteiger charge is -2.39. The van der Waals surface area contributed by atoms with Gasteiger partial charge in [-0.05, 0) is 30.9 Å². The molecule has 2 aliphatic heterocycles. The molecule has 0 aromatic carbocycles. The van der Waals surface area contributed by atoms with Crippen LogP contribution >= 0.6 is 0 Å². The highest BCUT2D eigenvalue weighted by Crippen LogP contribution is 2.42. The summed E-state index contributed by atoms with van der Waals surface area (Å²) < 4.78 is 0. The first-order valence-electron chi connectivity index (χ1n) is 8.68. The summed E-state index contributed by atoms with van der Waals surface area (Å²) in [7, 11) is 0. The first-order chi connectivity index (χ1) is 11.4. The number of hydrogen-bond acceptors (Lipinski definition) is 4. The Morgan fingerprint density at radius 2 is 2.08 bits per heavy atom. The van der Waals surface area contributed by atoms with Crippen molar-refractivity contribution < 1.29 is 9.59 Å². The van der Waals surface area contributed by atoms with Crippen LogP contribution in [0.25, 0.3) is 0 Å². The Kier molecular flexibility index (Phi) is 4.47. The number of amides is 2. The van der Waals surface area contributed by atoms with Gasteiger partial charge in [0, 0.05) is 44.2 Å². The predicted octanol–water partition coefficient (Wildman–Crippen LogP) is 1.66. The summed E-state index contributed by atoms with van der Waals surface area (Å²) in [4.78, 5) is 32.4. The van der Waals surface area contributed by atoms with Gasteiger partial charge in [-0.25, -0.2) is 4.98 Å². The van der Waals surface area contributed by atoms with Gasteiger partial charge in [0.25, 0.3) is 5.91 Å². The average molecular weight is 330 g/mol. The van der Waals surface area contributed by atoms with Gasteiger partial charge in [-0.3, -0.25) is 9.59 Å². The number of nitrogens with zero attached hydrogens (tertiary/aromatic N) is 3. The van der Waals surface area contributed by atoms with Crippen molar-refractivity contribution >= 4 is 17.6 Å². The molecule has 1 aromatic heterocycles. The average Bonchev–Trinajstić information content (AvgIpc) is 2.83. The first-order valence-corrected chi connectivity index (χ1v) is 8.68. The van der Waals surface area contributed by atoms with Gasteiger partial charge in [0.15, 0.2) is 0 Å². The second-order valence-corrected chi connectivity index (χ2v) is 7.57. The second-order valence-electron chi connectivity index (χ2n) is 7.57. The molecule has 0 radical (unpaired) electrons. The Labute approximate surface area is 143 Å². The van der Waals surface area contributed by atoms with E-state index in [1.54, 1.807) is 18.3 Å².